The van der Waals surface area contributed by atoms with Crippen molar-refractivity contribution in [3.63, 3.8) is 0 Å². The highest BCUT2D eigenvalue weighted by molar-refractivity contribution is 7.92. The second-order valence-electron chi connectivity index (χ2n) is 6.04. The largest absolute Gasteiger partial charge is 0.419 e. The van der Waals surface area contributed by atoms with Crippen molar-refractivity contribution in [2.24, 2.45) is 7.05 Å². The topological polar surface area (TPSA) is 90.0 Å². The molecule has 2 heterocycles. The van der Waals surface area contributed by atoms with Crippen LogP contribution in [0.4, 0.5) is 14.5 Å². The standard InChI is InChI=1S/C17H18F2N4O3S/c1-5-14-20-21-17(26-14)15-9(2)16(10(3)23(15)4)27(24,25)22-11-6-7-12(18)13(19)8-11/h6-8,22H,5H2,1-4H3. The van der Waals surface area contributed by atoms with Gasteiger partial charge in [-0.1, -0.05) is 6.92 Å². The van der Waals surface area contributed by atoms with Gasteiger partial charge in [-0.25, -0.2) is 17.2 Å². The van der Waals surface area contributed by atoms with Crippen molar-refractivity contribution in [2.45, 2.75) is 32.1 Å². The van der Waals surface area contributed by atoms with Crippen LogP contribution >= 0.6 is 0 Å². The van der Waals surface area contributed by atoms with Crippen LogP contribution in [-0.2, 0) is 23.5 Å². The van der Waals surface area contributed by atoms with Gasteiger partial charge in [0, 0.05) is 30.8 Å². The van der Waals surface area contributed by atoms with Crippen LogP contribution in [0.25, 0.3) is 11.6 Å². The smallest absolute Gasteiger partial charge is 0.264 e. The second kappa shape index (κ2) is 6.76. The molecule has 1 N–H and O–H groups in total. The first-order chi connectivity index (χ1) is 12.7. The molecule has 0 saturated heterocycles. The van der Waals surface area contributed by atoms with Crippen LogP contribution < -0.4 is 4.72 Å². The molecule has 27 heavy (non-hydrogen) atoms. The van der Waals surface area contributed by atoms with E-state index in [4.69, 9.17) is 4.42 Å². The summed E-state index contributed by atoms with van der Waals surface area (Å²) >= 11 is 0. The zero-order valence-corrected chi connectivity index (χ0v) is 16.0. The molecule has 0 spiro atoms. The van der Waals surface area contributed by atoms with E-state index in [9.17, 15) is 17.2 Å². The fourth-order valence-electron chi connectivity index (χ4n) is 2.91. The monoisotopic (exact) mass is 396 g/mol. The van der Waals surface area contributed by atoms with Crippen molar-refractivity contribution in [2.75, 3.05) is 4.72 Å². The van der Waals surface area contributed by atoms with Gasteiger partial charge in [0.15, 0.2) is 11.6 Å². The molecule has 1 aromatic carbocycles. The molecular formula is C17H18F2N4O3S. The molecule has 7 nitrogen and oxygen atoms in total. The first-order valence-corrected chi connectivity index (χ1v) is 9.60. The third kappa shape index (κ3) is 3.32. The van der Waals surface area contributed by atoms with E-state index in [0.29, 0.717) is 29.3 Å². The minimum atomic E-state index is -4.06. The number of nitrogens with one attached hydrogen (secondary N) is 1. The Morgan fingerprint density at radius 2 is 1.89 bits per heavy atom. The summed E-state index contributed by atoms with van der Waals surface area (Å²) in [7, 11) is -2.38. The predicted octanol–water partition coefficient (Wildman–Crippen LogP) is 3.33. The fraction of sp³-hybridized carbons (Fsp3) is 0.294. The van der Waals surface area contributed by atoms with Crippen LogP contribution in [-0.4, -0.2) is 23.2 Å². The number of anilines is 1. The summed E-state index contributed by atoms with van der Waals surface area (Å²) in [5.74, 6) is -1.55. The predicted molar refractivity (Wildman–Crippen MR) is 94.7 cm³/mol. The van der Waals surface area contributed by atoms with Crippen molar-refractivity contribution in [3.8, 4) is 11.6 Å². The average molecular weight is 396 g/mol. The number of rotatable bonds is 5. The number of hydrogen-bond donors (Lipinski definition) is 1. The molecule has 0 saturated carbocycles. The molecule has 3 aromatic rings. The second-order valence-corrected chi connectivity index (χ2v) is 7.66. The van der Waals surface area contributed by atoms with Crippen LogP contribution in [0.1, 0.15) is 24.1 Å². The van der Waals surface area contributed by atoms with Gasteiger partial charge in [-0.3, -0.25) is 4.72 Å². The van der Waals surface area contributed by atoms with E-state index in [0.717, 1.165) is 18.2 Å². The van der Waals surface area contributed by atoms with Crippen molar-refractivity contribution in [1.82, 2.24) is 14.8 Å². The Morgan fingerprint density at radius 1 is 1.19 bits per heavy atom. The molecule has 0 atom stereocenters. The molecule has 0 amide bonds. The zero-order chi connectivity index (χ0) is 19.9. The Morgan fingerprint density at radius 3 is 2.48 bits per heavy atom. The van der Waals surface area contributed by atoms with Crippen LogP contribution in [0.15, 0.2) is 27.5 Å². The van der Waals surface area contributed by atoms with Gasteiger partial charge < -0.3 is 8.98 Å². The summed E-state index contributed by atoms with van der Waals surface area (Å²) in [5.41, 5.74) is 1.25. The number of hydrogen-bond acceptors (Lipinski definition) is 5. The van der Waals surface area contributed by atoms with Gasteiger partial charge in [-0.2, -0.15) is 0 Å². The van der Waals surface area contributed by atoms with Crippen molar-refractivity contribution >= 4 is 15.7 Å². The maximum atomic E-state index is 13.4. The molecule has 2 aromatic heterocycles. The highest BCUT2D eigenvalue weighted by atomic mass is 32.2. The molecular weight excluding hydrogens is 378 g/mol. The Kier molecular flexibility index (Phi) is 4.77. The number of sulfonamides is 1. The highest BCUT2D eigenvalue weighted by Gasteiger charge is 2.29. The zero-order valence-electron chi connectivity index (χ0n) is 15.2. The number of benzene rings is 1. The molecule has 144 valence electrons. The molecule has 0 aliphatic heterocycles. The lowest BCUT2D eigenvalue weighted by molar-refractivity contribution is 0.508. The lowest BCUT2D eigenvalue weighted by Crippen LogP contribution is -2.15. The van der Waals surface area contributed by atoms with E-state index in [-0.39, 0.29) is 16.5 Å². The van der Waals surface area contributed by atoms with Crippen molar-refractivity contribution in [1.29, 1.82) is 0 Å². The minimum absolute atomic E-state index is 0.0148. The van der Waals surface area contributed by atoms with Gasteiger partial charge in [-0.15, -0.1) is 10.2 Å². The minimum Gasteiger partial charge on any atom is -0.419 e. The van der Waals surface area contributed by atoms with E-state index in [1.807, 2.05) is 6.92 Å². The van der Waals surface area contributed by atoms with E-state index >= 15 is 0 Å². The van der Waals surface area contributed by atoms with Gasteiger partial charge in [0.2, 0.25) is 5.89 Å². The maximum Gasteiger partial charge on any atom is 0.264 e. The first-order valence-electron chi connectivity index (χ1n) is 8.12. The summed E-state index contributed by atoms with van der Waals surface area (Å²) in [4.78, 5) is 0.0148. The van der Waals surface area contributed by atoms with Gasteiger partial charge in [0.1, 0.15) is 10.6 Å². The molecule has 0 fully saturated rings. The summed E-state index contributed by atoms with van der Waals surface area (Å²) in [6.07, 6.45) is 0.554. The Hall–Kier alpha value is -2.75. The summed E-state index contributed by atoms with van der Waals surface area (Å²) < 4.78 is 61.7. The lowest BCUT2D eigenvalue weighted by atomic mass is 10.2. The van der Waals surface area contributed by atoms with E-state index in [1.165, 1.54) is 0 Å². The Balaban J connectivity index is 2.08. The van der Waals surface area contributed by atoms with Gasteiger partial charge in [0.25, 0.3) is 15.9 Å². The molecule has 0 radical (unpaired) electrons. The molecule has 0 aliphatic carbocycles. The third-order valence-corrected chi connectivity index (χ3v) is 5.92. The van der Waals surface area contributed by atoms with Gasteiger partial charge in [-0.05, 0) is 26.0 Å². The van der Waals surface area contributed by atoms with Crippen LogP contribution in [0.5, 0.6) is 0 Å². The summed E-state index contributed by atoms with van der Waals surface area (Å²) in [5, 5.41) is 7.88. The summed E-state index contributed by atoms with van der Waals surface area (Å²) in [6.45, 7) is 5.12. The lowest BCUT2D eigenvalue weighted by Gasteiger charge is -2.09. The Bertz CT molecular complexity index is 1120. The quantitative estimate of drug-likeness (QED) is 0.714. The van der Waals surface area contributed by atoms with E-state index in [1.54, 1.807) is 25.5 Å². The van der Waals surface area contributed by atoms with Crippen LogP contribution in [0.2, 0.25) is 0 Å². The number of halogens is 2. The van der Waals surface area contributed by atoms with Crippen LogP contribution in [0.3, 0.4) is 0 Å². The Labute approximate surface area is 155 Å². The van der Waals surface area contributed by atoms with Crippen molar-refractivity contribution < 1.29 is 21.6 Å². The fourth-order valence-corrected chi connectivity index (χ4v) is 4.47. The maximum absolute atomic E-state index is 13.4. The van der Waals surface area contributed by atoms with Crippen molar-refractivity contribution in [3.05, 3.63) is 47.0 Å². The molecule has 0 bridgehead atoms. The van der Waals surface area contributed by atoms with Gasteiger partial charge in [0.05, 0.1) is 5.69 Å². The molecule has 0 unspecified atom stereocenters. The average Bonchev–Trinajstić information content (AvgIpc) is 3.14. The van der Waals surface area contributed by atoms with Gasteiger partial charge >= 0.3 is 0 Å². The van der Waals surface area contributed by atoms with Crippen LogP contribution in [0, 0.1) is 25.5 Å². The summed E-state index contributed by atoms with van der Waals surface area (Å²) in [6, 6.07) is 2.79. The number of aryl methyl sites for hydroxylation is 1. The van der Waals surface area contributed by atoms with E-state index < -0.39 is 21.7 Å². The number of aromatic nitrogens is 3. The SMILES string of the molecule is CCc1nnc(-c2c(C)c(S(=O)(=O)Nc3ccc(F)c(F)c3)c(C)n2C)o1. The molecule has 3 rings (SSSR count). The molecule has 10 heteroatoms. The number of nitrogens with zero attached hydrogens (tertiary/aromatic N) is 3. The van der Waals surface area contributed by atoms with E-state index in [2.05, 4.69) is 14.9 Å². The highest BCUT2D eigenvalue weighted by Crippen LogP contribution is 2.33. The first kappa shape index (κ1) is 19.0. The molecule has 0 aliphatic rings. The normalized spacial score (nSPS) is 11.8. The third-order valence-electron chi connectivity index (χ3n) is 4.28.